The van der Waals surface area contributed by atoms with Crippen LogP contribution in [0.15, 0.2) is 0 Å². The molecule has 0 unspecified atom stereocenters. The fourth-order valence-electron chi connectivity index (χ4n) is 0.988. The van der Waals surface area contributed by atoms with Gasteiger partial charge in [0, 0.05) is 5.56 Å². The molecule has 5 heteroatoms. The van der Waals surface area contributed by atoms with Crippen molar-refractivity contribution in [1.82, 2.24) is 0 Å². The molecule has 0 bridgehead atoms. The highest BCUT2D eigenvalue weighted by atomic mass is 19.2. The van der Waals surface area contributed by atoms with Crippen LogP contribution in [0.2, 0.25) is 0 Å². The molecule has 0 aliphatic carbocycles. The van der Waals surface area contributed by atoms with Gasteiger partial charge in [-0.05, 0) is 6.92 Å². The average molecular weight is 196 g/mol. The van der Waals surface area contributed by atoms with Crippen molar-refractivity contribution in [1.29, 1.82) is 10.5 Å². The van der Waals surface area contributed by atoms with Crippen LogP contribution in [0, 0.1) is 47.0 Å². The SMILES string of the molecule is Cc1c(F)c(F)c(C#N)c(C#N)c1F. The van der Waals surface area contributed by atoms with E-state index in [0.29, 0.717) is 0 Å². The number of hydrogen-bond acceptors (Lipinski definition) is 2. The zero-order chi connectivity index (χ0) is 10.9. The maximum absolute atomic E-state index is 13.1. The fourth-order valence-corrected chi connectivity index (χ4v) is 0.988. The molecule has 0 N–H and O–H groups in total. The van der Waals surface area contributed by atoms with E-state index in [9.17, 15) is 13.2 Å². The van der Waals surface area contributed by atoms with Gasteiger partial charge in [0.05, 0.1) is 0 Å². The summed E-state index contributed by atoms with van der Waals surface area (Å²) in [5, 5.41) is 16.8. The monoisotopic (exact) mass is 196 g/mol. The number of halogens is 3. The Hall–Kier alpha value is -2.01. The first-order valence-electron chi connectivity index (χ1n) is 3.51. The van der Waals surface area contributed by atoms with Gasteiger partial charge in [-0.25, -0.2) is 13.2 Å². The lowest BCUT2D eigenvalue weighted by Crippen LogP contribution is -2.03. The second-order valence-electron chi connectivity index (χ2n) is 2.54. The number of benzene rings is 1. The molecule has 0 heterocycles. The van der Waals surface area contributed by atoms with E-state index in [4.69, 9.17) is 10.5 Å². The van der Waals surface area contributed by atoms with Gasteiger partial charge >= 0.3 is 0 Å². The summed E-state index contributed by atoms with van der Waals surface area (Å²) in [6.45, 7) is 0.996. The summed E-state index contributed by atoms with van der Waals surface area (Å²) in [5.74, 6) is -4.11. The molecule has 0 spiro atoms. The fraction of sp³-hybridized carbons (Fsp3) is 0.111. The number of nitrogens with zero attached hydrogens (tertiary/aromatic N) is 2. The molecule has 2 nitrogen and oxygen atoms in total. The summed E-state index contributed by atoms with van der Waals surface area (Å²) >= 11 is 0. The number of nitriles is 2. The van der Waals surface area contributed by atoms with Crippen LogP contribution in [0.5, 0.6) is 0 Å². The Bertz CT molecular complexity index is 436. The van der Waals surface area contributed by atoms with Crippen molar-refractivity contribution in [3.63, 3.8) is 0 Å². The predicted molar refractivity (Wildman–Crippen MR) is 40.5 cm³/mol. The molecule has 0 atom stereocenters. The molecule has 1 aromatic carbocycles. The smallest absolute Gasteiger partial charge is 0.178 e. The van der Waals surface area contributed by atoms with Gasteiger partial charge in [-0.1, -0.05) is 0 Å². The van der Waals surface area contributed by atoms with E-state index in [1.807, 2.05) is 0 Å². The van der Waals surface area contributed by atoms with Crippen molar-refractivity contribution in [2.75, 3.05) is 0 Å². The predicted octanol–water partition coefficient (Wildman–Crippen LogP) is 2.16. The second-order valence-corrected chi connectivity index (χ2v) is 2.54. The van der Waals surface area contributed by atoms with Gasteiger partial charge in [-0.15, -0.1) is 0 Å². The summed E-state index contributed by atoms with van der Waals surface area (Å²) in [6.07, 6.45) is 0. The first kappa shape index (κ1) is 10.1. The van der Waals surface area contributed by atoms with Crippen LogP contribution in [-0.4, -0.2) is 0 Å². The molecule has 0 aliphatic heterocycles. The standard InChI is InChI=1S/C9H3F3N2/c1-4-7(10)5(2-13)6(3-14)9(12)8(4)11/h1H3. The van der Waals surface area contributed by atoms with Crippen LogP contribution in [-0.2, 0) is 0 Å². The molecule has 0 radical (unpaired) electrons. The van der Waals surface area contributed by atoms with Crippen molar-refractivity contribution in [2.24, 2.45) is 0 Å². The Morgan fingerprint density at radius 3 is 1.71 bits per heavy atom. The first-order valence-corrected chi connectivity index (χ1v) is 3.51. The Balaban J connectivity index is 3.79. The van der Waals surface area contributed by atoms with Gasteiger partial charge in [0.1, 0.15) is 29.1 Å². The van der Waals surface area contributed by atoms with Crippen molar-refractivity contribution < 1.29 is 13.2 Å². The van der Waals surface area contributed by atoms with Gasteiger partial charge < -0.3 is 0 Å². The first-order chi connectivity index (χ1) is 6.54. The maximum Gasteiger partial charge on any atom is 0.178 e. The van der Waals surface area contributed by atoms with Crippen LogP contribution in [0.25, 0.3) is 0 Å². The molecule has 1 rings (SSSR count). The molecular formula is C9H3F3N2. The van der Waals surface area contributed by atoms with Crippen LogP contribution in [0.3, 0.4) is 0 Å². The minimum Gasteiger partial charge on any atom is -0.205 e. The highest BCUT2D eigenvalue weighted by Gasteiger charge is 2.22. The average Bonchev–Trinajstić information content (AvgIpc) is 2.20. The molecule has 0 aliphatic rings. The van der Waals surface area contributed by atoms with E-state index >= 15 is 0 Å². The van der Waals surface area contributed by atoms with Crippen molar-refractivity contribution >= 4 is 0 Å². The minimum atomic E-state index is -1.48. The van der Waals surface area contributed by atoms with Gasteiger partial charge in [0.25, 0.3) is 0 Å². The number of rotatable bonds is 0. The van der Waals surface area contributed by atoms with Gasteiger partial charge in [0.15, 0.2) is 11.6 Å². The molecular weight excluding hydrogens is 193 g/mol. The lowest BCUT2D eigenvalue weighted by molar-refractivity contribution is 0.482. The summed E-state index contributed by atoms with van der Waals surface area (Å²) in [5.41, 5.74) is -2.25. The van der Waals surface area contributed by atoms with E-state index < -0.39 is 34.1 Å². The van der Waals surface area contributed by atoms with Crippen molar-refractivity contribution in [2.45, 2.75) is 6.92 Å². The molecule has 70 valence electrons. The van der Waals surface area contributed by atoms with E-state index in [0.717, 1.165) is 6.92 Å². The van der Waals surface area contributed by atoms with Gasteiger partial charge in [0.2, 0.25) is 0 Å². The molecule has 1 aromatic rings. The summed E-state index contributed by atoms with van der Waals surface area (Å²) in [7, 11) is 0. The van der Waals surface area contributed by atoms with E-state index in [1.165, 1.54) is 12.1 Å². The topological polar surface area (TPSA) is 47.6 Å². The Labute approximate surface area is 77.8 Å². The largest absolute Gasteiger partial charge is 0.205 e. The van der Waals surface area contributed by atoms with E-state index in [2.05, 4.69) is 0 Å². The van der Waals surface area contributed by atoms with Crippen molar-refractivity contribution in [3.05, 3.63) is 34.1 Å². The Kier molecular flexibility index (Phi) is 2.44. The summed E-state index contributed by atoms with van der Waals surface area (Å²) in [4.78, 5) is 0. The molecule has 0 amide bonds. The van der Waals surface area contributed by atoms with E-state index in [1.54, 1.807) is 0 Å². The lowest BCUT2D eigenvalue weighted by atomic mass is 10.0. The number of hydrogen-bond donors (Lipinski definition) is 0. The van der Waals surface area contributed by atoms with Crippen LogP contribution in [0.1, 0.15) is 16.7 Å². The van der Waals surface area contributed by atoms with Gasteiger partial charge in [-0.2, -0.15) is 10.5 Å². The van der Waals surface area contributed by atoms with Crippen LogP contribution in [0.4, 0.5) is 13.2 Å². The van der Waals surface area contributed by atoms with Crippen LogP contribution < -0.4 is 0 Å². The normalized spacial score (nSPS) is 9.29. The van der Waals surface area contributed by atoms with Gasteiger partial charge in [-0.3, -0.25) is 0 Å². The highest BCUT2D eigenvalue weighted by Crippen LogP contribution is 2.23. The van der Waals surface area contributed by atoms with Crippen LogP contribution >= 0.6 is 0 Å². The third-order valence-corrected chi connectivity index (χ3v) is 1.76. The molecule has 0 saturated heterocycles. The third-order valence-electron chi connectivity index (χ3n) is 1.76. The maximum atomic E-state index is 13.1. The molecule has 0 aromatic heterocycles. The third kappa shape index (κ3) is 1.20. The summed E-state index contributed by atoms with van der Waals surface area (Å²) in [6, 6.07) is 2.57. The quantitative estimate of drug-likeness (QED) is 0.597. The lowest BCUT2D eigenvalue weighted by Gasteiger charge is -2.04. The second kappa shape index (κ2) is 3.39. The molecule has 14 heavy (non-hydrogen) atoms. The molecule has 0 saturated carbocycles. The Morgan fingerprint density at radius 1 is 0.857 bits per heavy atom. The molecule has 0 fully saturated rings. The zero-order valence-electron chi connectivity index (χ0n) is 7.03. The van der Waals surface area contributed by atoms with Crippen molar-refractivity contribution in [3.8, 4) is 12.1 Å². The Morgan fingerprint density at radius 2 is 1.29 bits per heavy atom. The minimum absolute atomic E-state index is 0.599. The summed E-state index contributed by atoms with van der Waals surface area (Å²) < 4.78 is 39.0. The van der Waals surface area contributed by atoms with E-state index in [-0.39, 0.29) is 0 Å². The highest BCUT2D eigenvalue weighted by molar-refractivity contribution is 5.49. The zero-order valence-corrected chi connectivity index (χ0v) is 7.03.